The molecule has 1 saturated heterocycles. The van der Waals surface area contributed by atoms with Crippen LogP contribution in [-0.2, 0) is 4.79 Å². The Morgan fingerprint density at radius 3 is 2.56 bits per heavy atom. The Bertz CT molecular complexity index is 1050. The molecule has 34 heavy (non-hydrogen) atoms. The predicted octanol–water partition coefficient (Wildman–Crippen LogP) is 3.85. The Kier molecular flexibility index (Phi) is 7.02. The maximum absolute atomic E-state index is 14.1. The standard InChI is InChI=1S/C25H32F2N4O3/c1-25(24(33)30(2)3)15-31(17-7-5-4-6-8-17)12-11-22(25)28-23(32)20-14-21(34-29-20)18-10-9-16(26)13-19(18)27/h9-10,13-14,17,22H,4-8,11-12,15H2,1-3H3,(H,28,32). The van der Waals surface area contributed by atoms with E-state index < -0.39 is 29.0 Å². The minimum absolute atomic E-state index is 0.0152. The maximum atomic E-state index is 14.1. The molecule has 0 spiro atoms. The fourth-order valence-electron chi connectivity index (χ4n) is 5.37. The summed E-state index contributed by atoms with van der Waals surface area (Å²) in [5.74, 6) is -2.01. The summed E-state index contributed by atoms with van der Waals surface area (Å²) >= 11 is 0. The van der Waals surface area contributed by atoms with Crippen LogP contribution in [0.3, 0.4) is 0 Å². The first-order valence-corrected chi connectivity index (χ1v) is 11.9. The van der Waals surface area contributed by atoms with Crippen LogP contribution in [0, 0.1) is 17.0 Å². The van der Waals surface area contributed by atoms with E-state index in [1.807, 2.05) is 6.92 Å². The van der Waals surface area contributed by atoms with Crippen LogP contribution in [0.2, 0.25) is 0 Å². The van der Waals surface area contributed by atoms with Crippen LogP contribution >= 0.6 is 0 Å². The van der Waals surface area contributed by atoms with Crippen molar-refractivity contribution < 1.29 is 22.9 Å². The van der Waals surface area contributed by atoms with Gasteiger partial charge in [0.15, 0.2) is 11.5 Å². The van der Waals surface area contributed by atoms with E-state index in [1.165, 1.54) is 31.4 Å². The van der Waals surface area contributed by atoms with Crippen LogP contribution in [0.5, 0.6) is 0 Å². The number of likely N-dealkylation sites (tertiary alicyclic amines) is 1. The van der Waals surface area contributed by atoms with E-state index in [9.17, 15) is 18.4 Å². The van der Waals surface area contributed by atoms with Crippen LogP contribution in [0.25, 0.3) is 11.3 Å². The first-order valence-electron chi connectivity index (χ1n) is 11.9. The number of rotatable bonds is 5. The minimum atomic E-state index is -0.803. The van der Waals surface area contributed by atoms with Gasteiger partial charge in [-0.3, -0.25) is 14.5 Å². The number of hydrogen-bond donors (Lipinski definition) is 1. The molecule has 2 aromatic rings. The second kappa shape index (κ2) is 9.82. The van der Waals surface area contributed by atoms with Gasteiger partial charge in [-0.2, -0.15) is 0 Å². The van der Waals surface area contributed by atoms with E-state index in [2.05, 4.69) is 15.4 Å². The van der Waals surface area contributed by atoms with Gasteiger partial charge in [0, 0.05) is 51.4 Å². The Morgan fingerprint density at radius 1 is 1.15 bits per heavy atom. The van der Waals surface area contributed by atoms with E-state index in [1.54, 1.807) is 19.0 Å². The predicted molar refractivity (Wildman–Crippen MR) is 123 cm³/mol. The summed E-state index contributed by atoms with van der Waals surface area (Å²) in [5, 5.41) is 6.77. The second-order valence-electron chi connectivity index (χ2n) is 9.89. The Hall–Kier alpha value is -2.81. The van der Waals surface area contributed by atoms with Crippen LogP contribution in [-0.4, -0.2) is 66.0 Å². The molecular weight excluding hydrogens is 442 g/mol. The lowest BCUT2D eigenvalue weighted by Crippen LogP contribution is -2.63. The molecule has 9 heteroatoms. The first kappa shape index (κ1) is 24.3. The SMILES string of the molecule is CN(C)C(=O)C1(C)CN(C2CCCCC2)CCC1NC(=O)c1cc(-c2ccc(F)cc2F)on1. The number of nitrogens with zero attached hydrogens (tertiary/aromatic N) is 3. The van der Waals surface area contributed by atoms with E-state index in [0.29, 0.717) is 19.0 Å². The van der Waals surface area contributed by atoms with Crippen LogP contribution in [0.4, 0.5) is 8.78 Å². The molecule has 1 aliphatic heterocycles. The maximum Gasteiger partial charge on any atom is 0.273 e. The van der Waals surface area contributed by atoms with Gasteiger partial charge in [-0.15, -0.1) is 0 Å². The molecule has 1 N–H and O–H groups in total. The van der Waals surface area contributed by atoms with Gasteiger partial charge in [0.05, 0.1) is 11.0 Å². The average molecular weight is 475 g/mol. The number of piperidine rings is 1. The topological polar surface area (TPSA) is 78.7 Å². The summed E-state index contributed by atoms with van der Waals surface area (Å²) in [5.41, 5.74) is -0.806. The molecule has 0 bridgehead atoms. The molecule has 2 aliphatic rings. The summed E-state index contributed by atoms with van der Waals surface area (Å²) in [4.78, 5) is 30.3. The van der Waals surface area contributed by atoms with Gasteiger partial charge in [0.25, 0.3) is 5.91 Å². The van der Waals surface area contributed by atoms with Crippen LogP contribution in [0.1, 0.15) is 55.9 Å². The number of carbonyl (C=O) groups is 2. The number of nitrogens with one attached hydrogen (secondary N) is 1. The third-order valence-corrected chi connectivity index (χ3v) is 7.24. The largest absolute Gasteiger partial charge is 0.355 e. The molecule has 2 heterocycles. The van der Waals surface area contributed by atoms with Crippen molar-refractivity contribution in [2.45, 2.75) is 57.5 Å². The molecule has 0 radical (unpaired) electrons. The van der Waals surface area contributed by atoms with E-state index in [4.69, 9.17) is 4.52 Å². The molecule has 2 amide bonds. The monoisotopic (exact) mass is 474 g/mol. The fraction of sp³-hybridized carbons (Fsp3) is 0.560. The van der Waals surface area contributed by atoms with Crippen molar-refractivity contribution in [3.8, 4) is 11.3 Å². The number of hydrogen-bond acceptors (Lipinski definition) is 5. The lowest BCUT2D eigenvalue weighted by molar-refractivity contribution is -0.144. The number of aromatic nitrogens is 1. The van der Waals surface area contributed by atoms with Gasteiger partial charge < -0.3 is 14.7 Å². The van der Waals surface area contributed by atoms with Crippen molar-refractivity contribution in [3.63, 3.8) is 0 Å². The van der Waals surface area contributed by atoms with Crippen LogP contribution < -0.4 is 5.32 Å². The second-order valence-corrected chi connectivity index (χ2v) is 9.89. The number of amides is 2. The summed E-state index contributed by atoms with van der Waals surface area (Å²) in [6.07, 6.45) is 6.61. The van der Waals surface area contributed by atoms with Crippen molar-refractivity contribution in [1.82, 2.24) is 20.3 Å². The van der Waals surface area contributed by atoms with Gasteiger partial charge >= 0.3 is 0 Å². The van der Waals surface area contributed by atoms with Crippen molar-refractivity contribution in [3.05, 3.63) is 41.6 Å². The Morgan fingerprint density at radius 2 is 1.88 bits per heavy atom. The van der Waals surface area contributed by atoms with Crippen molar-refractivity contribution in [1.29, 1.82) is 0 Å². The summed E-state index contributed by atoms with van der Waals surface area (Å²) in [6.45, 7) is 3.29. The zero-order valence-corrected chi connectivity index (χ0v) is 19.9. The highest BCUT2D eigenvalue weighted by atomic mass is 19.1. The van der Waals surface area contributed by atoms with Crippen molar-refractivity contribution in [2.75, 3.05) is 27.2 Å². The molecule has 1 saturated carbocycles. The van der Waals surface area contributed by atoms with E-state index in [0.717, 1.165) is 31.5 Å². The van der Waals surface area contributed by atoms with Gasteiger partial charge in [-0.1, -0.05) is 24.4 Å². The van der Waals surface area contributed by atoms with E-state index >= 15 is 0 Å². The third-order valence-electron chi connectivity index (χ3n) is 7.24. The Labute approximate surface area is 198 Å². The molecule has 1 aromatic carbocycles. The molecule has 2 atom stereocenters. The van der Waals surface area contributed by atoms with Gasteiger partial charge in [0.1, 0.15) is 11.6 Å². The molecule has 184 valence electrons. The average Bonchev–Trinajstić information content (AvgIpc) is 3.30. The molecule has 4 rings (SSSR count). The molecule has 2 fully saturated rings. The van der Waals surface area contributed by atoms with Crippen LogP contribution in [0.15, 0.2) is 28.8 Å². The van der Waals surface area contributed by atoms with Gasteiger partial charge in [0.2, 0.25) is 5.91 Å². The van der Waals surface area contributed by atoms with Crippen molar-refractivity contribution in [2.24, 2.45) is 5.41 Å². The quantitative estimate of drug-likeness (QED) is 0.712. The number of halogens is 2. The summed E-state index contributed by atoms with van der Waals surface area (Å²) in [7, 11) is 3.46. The smallest absolute Gasteiger partial charge is 0.273 e. The highest BCUT2D eigenvalue weighted by molar-refractivity contribution is 5.94. The minimum Gasteiger partial charge on any atom is -0.355 e. The fourth-order valence-corrected chi connectivity index (χ4v) is 5.37. The molecule has 7 nitrogen and oxygen atoms in total. The van der Waals surface area contributed by atoms with Gasteiger partial charge in [-0.05, 0) is 38.3 Å². The highest BCUT2D eigenvalue weighted by Gasteiger charge is 2.48. The zero-order valence-electron chi connectivity index (χ0n) is 19.9. The first-order chi connectivity index (χ1) is 16.2. The van der Waals surface area contributed by atoms with E-state index in [-0.39, 0.29) is 22.9 Å². The van der Waals surface area contributed by atoms with Crippen molar-refractivity contribution >= 4 is 11.8 Å². The lowest BCUT2D eigenvalue weighted by atomic mass is 9.74. The highest BCUT2D eigenvalue weighted by Crippen LogP contribution is 2.36. The Balaban J connectivity index is 1.51. The normalized spacial score (nSPS) is 24.1. The summed E-state index contributed by atoms with van der Waals surface area (Å²) in [6, 6.07) is 4.50. The third kappa shape index (κ3) is 4.85. The van der Waals surface area contributed by atoms with Gasteiger partial charge in [-0.25, -0.2) is 8.78 Å². The molecular formula is C25H32F2N4O3. The number of carbonyl (C=O) groups excluding carboxylic acids is 2. The molecule has 1 aromatic heterocycles. The summed E-state index contributed by atoms with van der Waals surface area (Å²) < 4.78 is 32.5. The lowest BCUT2D eigenvalue weighted by Gasteiger charge is -2.49. The molecule has 1 aliphatic carbocycles. The zero-order chi connectivity index (χ0) is 24.5. The number of benzene rings is 1. The molecule has 2 unspecified atom stereocenters.